The summed E-state index contributed by atoms with van der Waals surface area (Å²) in [6.07, 6.45) is 8.95. The average molecular weight is 289 g/mol. The van der Waals surface area contributed by atoms with E-state index in [1.54, 1.807) is 6.20 Å². The van der Waals surface area contributed by atoms with Crippen LogP contribution in [0.1, 0.15) is 29.2 Å². The summed E-state index contributed by atoms with van der Waals surface area (Å²) in [6.45, 7) is 3.11. The van der Waals surface area contributed by atoms with E-state index in [1.807, 2.05) is 4.57 Å². The smallest absolute Gasteiger partial charge is 0.270 e. The fraction of sp³-hybridized carbons (Fsp3) is 0.600. The van der Waals surface area contributed by atoms with Crippen molar-refractivity contribution in [2.24, 2.45) is 5.92 Å². The number of terminal acetylenes is 1. The number of aromatic nitrogens is 2. The van der Waals surface area contributed by atoms with Crippen molar-refractivity contribution in [3.05, 3.63) is 17.7 Å². The van der Waals surface area contributed by atoms with Crippen LogP contribution in [0.3, 0.4) is 0 Å². The number of nitrogens with one attached hydrogen (secondary N) is 1. The molecule has 0 unspecified atom stereocenters. The summed E-state index contributed by atoms with van der Waals surface area (Å²) in [6, 6.07) is -0.257. The molecule has 6 nitrogen and oxygen atoms in total. The highest BCUT2D eigenvalue weighted by atomic mass is 16.5. The molecule has 1 atom stereocenters. The second-order valence-corrected chi connectivity index (χ2v) is 5.33. The summed E-state index contributed by atoms with van der Waals surface area (Å²) < 4.78 is 12.6. The van der Waals surface area contributed by atoms with E-state index in [9.17, 15) is 4.79 Å². The molecule has 1 amide bonds. The average Bonchev–Trinajstić information content (AvgIpc) is 2.97. The van der Waals surface area contributed by atoms with Gasteiger partial charge in [0.25, 0.3) is 5.91 Å². The van der Waals surface area contributed by atoms with Crippen LogP contribution in [0.5, 0.6) is 0 Å². The van der Waals surface area contributed by atoms with Crippen LogP contribution in [0.2, 0.25) is 0 Å². The van der Waals surface area contributed by atoms with Gasteiger partial charge in [0.05, 0.1) is 18.8 Å². The van der Waals surface area contributed by atoms with E-state index in [-0.39, 0.29) is 17.9 Å². The Hall–Kier alpha value is -1.84. The zero-order chi connectivity index (χ0) is 14.7. The van der Waals surface area contributed by atoms with E-state index in [0.29, 0.717) is 38.7 Å². The maximum absolute atomic E-state index is 12.5. The van der Waals surface area contributed by atoms with Crippen LogP contribution in [0.25, 0.3) is 0 Å². The van der Waals surface area contributed by atoms with Crippen molar-refractivity contribution in [3.8, 4) is 12.3 Å². The molecule has 3 rings (SSSR count). The van der Waals surface area contributed by atoms with Gasteiger partial charge >= 0.3 is 0 Å². The van der Waals surface area contributed by atoms with Gasteiger partial charge in [0, 0.05) is 19.8 Å². The van der Waals surface area contributed by atoms with Crippen LogP contribution in [0, 0.1) is 18.3 Å². The van der Waals surface area contributed by atoms with Crippen molar-refractivity contribution in [3.63, 3.8) is 0 Å². The molecule has 3 heterocycles. The number of fused-ring (bicyclic) bond motifs is 1. The largest absolute Gasteiger partial charge is 0.381 e. The number of carbonyl (C=O) groups excluding carboxylic acids is 1. The van der Waals surface area contributed by atoms with Crippen molar-refractivity contribution in [2.75, 3.05) is 19.8 Å². The van der Waals surface area contributed by atoms with Crippen LogP contribution in [-0.2, 0) is 22.6 Å². The second kappa shape index (κ2) is 6.29. The molecule has 21 heavy (non-hydrogen) atoms. The molecule has 0 bridgehead atoms. The van der Waals surface area contributed by atoms with Gasteiger partial charge < -0.3 is 19.4 Å². The summed E-state index contributed by atoms with van der Waals surface area (Å²) >= 11 is 0. The van der Waals surface area contributed by atoms with E-state index in [1.165, 1.54) is 0 Å². The highest BCUT2D eigenvalue weighted by Gasteiger charge is 2.26. The van der Waals surface area contributed by atoms with Gasteiger partial charge in [-0.05, 0) is 18.8 Å². The third kappa shape index (κ3) is 2.94. The Balaban J connectivity index is 1.70. The van der Waals surface area contributed by atoms with Crippen LogP contribution in [-0.4, -0.2) is 41.3 Å². The third-order valence-corrected chi connectivity index (χ3v) is 4.06. The Labute approximate surface area is 123 Å². The van der Waals surface area contributed by atoms with Gasteiger partial charge in [0.2, 0.25) is 0 Å². The van der Waals surface area contributed by atoms with Crippen molar-refractivity contribution >= 4 is 5.91 Å². The molecule has 0 radical (unpaired) electrons. The summed E-state index contributed by atoms with van der Waals surface area (Å²) in [5.74, 6) is 3.61. The first-order chi connectivity index (χ1) is 10.3. The Morgan fingerprint density at radius 2 is 2.24 bits per heavy atom. The molecule has 1 fully saturated rings. The lowest BCUT2D eigenvalue weighted by molar-refractivity contribution is 0.0574. The number of amides is 1. The highest BCUT2D eigenvalue weighted by Crippen LogP contribution is 2.19. The Bertz CT molecular complexity index is 555. The van der Waals surface area contributed by atoms with Gasteiger partial charge in [0.1, 0.15) is 18.1 Å². The van der Waals surface area contributed by atoms with Crippen molar-refractivity contribution in [1.82, 2.24) is 14.9 Å². The van der Waals surface area contributed by atoms with Crippen LogP contribution in [0.15, 0.2) is 6.20 Å². The molecular weight excluding hydrogens is 270 g/mol. The minimum atomic E-state index is -0.257. The number of imidazole rings is 1. The van der Waals surface area contributed by atoms with E-state index in [2.05, 4.69) is 16.2 Å². The molecule has 1 saturated heterocycles. The van der Waals surface area contributed by atoms with E-state index in [0.717, 1.165) is 18.7 Å². The Morgan fingerprint density at radius 3 is 3.00 bits per heavy atom. The standard InChI is InChI=1S/C15H19N3O3/c1-2-12(11-3-6-20-7-4-11)17-15(19)13-9-16-14-10-21-8-5-18(13)14/h1,9,11-12H,3-8,10H2,(H,17,19)/t12-/m0/s1. The molecule has 1 N–H and O–H groups in total. The summed E-state index contributed by atoms with van der Waals surface area (Å²) in [4.78, 5) is 16.7. The quantitative estimate of drug-likeness (QED) is 0.826. The number of hydrogen-bond donors (Lipinski definition) is 1. The minimum absolute atomic E-state index is 0.162. The lowest BCUT2D eigenvalue weighted by Gasteiger charge is -2.27. The van der Waals surface area contributed by atoms with Gasteiger partial charge in [-0.3, -0.25) is 4.79 Å². The van der Waals surface area contributed by atoms with Gasteiger partial charge in [-0.1, -0.05) is 5.92 Å². The second-order valence-electron chi connectivity index (χ2n) is 5.33. The summed E-state index contributed by atoms with van der Waals surface area (Å²) in [5, 5.41) is 2.96. The molecule has 6 heteroatoms. The lowest BCUT2D eigenvalue weighted by Crippen LogP contribution is -2.42. The van der Waals surface area contributed by atoms with Crippen LogP contribution >= 0.6 is 0 Å². The molecule has 0 aliphatic carbocycles. The lowest BCUT2D eigenvalue weighted by atomic mass is 9.92. The number of carbonyl (C=O) groups is 1. The molecule has 1 aromatic heterocycles. The van der Waals surface area contributed by atoms with Gasteiger partial charge in [-0.15, -0.1) is 6.42 Å². The number of hydrogen-bond acceptors (Lipinski definition) is 4. The fourth-order valence-corrected chi connectivity index (χ4v) is 2.84. The van der Waals surface area contributed by atoms with E-state index >= 15 is 0 Å². The Morgan fingerprint density at radius 1 is 1.43 bits per heavy atom. The molecule has 2 aliphatic rings. The van der Waals surface area contributed by atoms with Crippen molar-refractivity contribution in [1.29, 1.82) is 0 Å². The molecule has 112 valence electrons. The van der Waals surface area contributed by atoms with E-state index < -0.39 is 0 Å². The maximum atomic E-state index is 12.5. The zero-order valence-electron chi connectivity index (χ0n) is 11.9. The van der Waals surface area contributed by atoms with E-state index in [4.69, 9.17) is 15.9 Å². The van der Waals surface area contributed by atoms with Gasteiger partial charge in [0.15, 0.2) is 0 Å². The summed E-state index contributed by atoms with van der Waals surface area (Å²) in [5.41, 5.74) is 0.556. The number of nitrogens with zero attached hydrogens (tertiary/aromatic N) is 2. The SMILES string of the molecule is C#C[C@H](NC(=O)c1cnc2n1CCOC2)C1CCOCC1. The first-order valence-corrected chi connectivity index (χ1v) is 7.26. The maximum Gasteiger partial charge on any atom is 0.270 e. The fourth-order valence-electron chi connectivity index (χ4n) is 2.84. The number of ether oxygens (including phenoxy) is 2. The first-order valence-electron chi connectivity index (χ1n) is 7.26. The molecule has 0 spiro atoms. The van der Waals surface area contributed by atoms with Crippen LogP contribution < -0.4 is 5.32 Å². The monoisotopic (exact) mass is 289 g/mol. The Kier molecular flexibility index (Phi) is 4.23. The molecule has 2 aliphatic heterocycles. The molecule has 0 aromatic carbocycles. The zero-order valence-corrected chi connectivity index (χ0v) is 11.9. The van der Waals surface area contributed by atoms with Crippen molar-refractivity contribution in [2.45, 2.75) is 32.0 Å². The highest BCUT2D eigenvalue weighted by molar-refractivity contribution is 5.93. The number of rotatable bonds is 3. The van der Waals surface area contributed by atoms with Gasteiger partial charge in [-0.2, -0.15) is 0 Å². The minimum Gasteiger partial charge on any atom is -0.381 e. The molecular formula is C15H19N3O3. The third-order valence-electron chi connectivity index (χ3n) is 4.06. The normalized spacial score (nSPS) is 20.3. The summed E-state index contributed by atoms with van der Waals surface area (Å²) in [7, 11) is 0. The van der Waals surface area contributed by atoms with Crippen LogP contribution in [0.4, 0.5) is 0 Å². The van der Waals surface area contributed by atoms with Crippen molar-refractivity contribution < 1.29 is 14.3 Å². The molecule has 1 aromatic rings. The molecule has 0 saturated carbocycles. The predicted molar refractivity (Wildman–Crippen MR) is 75.5 cm³/mol. The topological polar surface area (TPSA) is 65.4 Å². The predicted octanol–water partition coefficient (Wildman–Crippen LogP) is 0.571. The van der Waals surface area contributed by atoms with Gasteiger partial charge in [-0.25, -0.2) is 4.98 Å². The first kappa shape index (κ1) is 14.1.